The van der Waals surface area contributed by atoms with E-state index in [1.807, 2.05) is 0 Å². The number of halogens is 1. The largest absolute Gasteiger partial charge is 0.490 e. The minimum atomic E-state index is -0.483. The number of nitrogens with zero attached hydrogens (tertiary/aromatic N) is 1. The van der Waals surface area contributed by atoms with E-state index in [0.29, 0.717) is 11.1 Å². The van der Waals surface area contributed by atoms with E-state index in [4.69, 9.17) is 4.42 Å². The van der Waals surface area contributed by atoms with E-state index in [0.717, 1.165) is 0 Å². The maximum absolute atomic E-state index is 12.9. The summed E-state index contributed by atoms with van der Waals surface area (Å²) in [5.74, 6) is -1.51. The third kappa shape index (κ3) is 2.53. The highest BCUT2D eigenvalue weighted by molar-refractivity contribution is 6.08. The van der Waals surface area contributed by atoms with Crippen molar-refractivity contribution in [1.82, 2.24) is 4.98 Å². The van der Waals surface area contributed by atoms with Crippen molar-refractivity contribution in [3.8, 4) is 17.3 Å². The Labute approximate surface area is 119 Å². The van der Waals surface area contributed by atoms with Crippen LogP contribution in [0.2, 0.25) is 0 Å². The Balaban J connectivity index is 1.98. The van der Waals surface area contributed by atoms with Crippen LogP contribution >= 0.6 is 0 Å². The zero-order chi connectivity index (χ0) is 14.8. The number of benzene rings is 2. The Morgan fingerprint density at radius 3 is 2.38 bits per heavy atom. The standard InChI is InChI=1S/C16H10FNO3/c17-12-8-6-11(7-9-12)16-18-15(20)14(21-16)13(19)10-4-2-1-3-5-10/h1-9,20H. The van der Waals surface area contributed by atoms with Gasteiger partial charge in [0.15, 0.2) is 0 Å². The van der Waals surface area contributed by atoms with Gasteiger partial charge in [0.25, 0.3) is 5.88 Å². The molecule has 104 valence electrons. The highest BCUT2D eigenvalue weighted by atomic mass is 19.1. The summed E-state index contributed by atoms with van der Waals surface area (Å²) in [5.41, 5.74) is 0.855. The van der Waals surface area contributed by atoms with Crippen LogP contribution in [0.5, 0.6) is 5.88 Å². The van der Waals surface area contributed by atoms with E-state index in [1.54, 1.807) is 30.3 Å². The van der Waals surface area contributed by atoms with Crippen LogP contribution in [0.3, 0.4) is 0 Å². The van der Waals surface area contributed by atoms with Gasteiger partial charge in [-0.2, -0.15) is 4.98 Å². The van der Waals surface area contributed by atoms with Crippen molar-refractivity contribution in [2.45, 2.75) is 0 Å². The second-order valence-electron chi connectivity index (χ2n) is 4.37. The van der Waals surface area contributed by atoms with Crippen molar-refractivity contribution in [2.75, 3.05) is 0 Å². The first-order chi connectivity index (χ1) is 10.1. The lowest BCUT2D eigenvalue weighted by molar-refractivity contribution is 0.101. The Bertz CT molecular complexity index is 779. The van der Waals surface area contributed by atoms with Crippen LogP contribution in [-0.4, -0.2) is 15.9 Å². The molecule has 0 unspecified atom stereocenters. The van der Waals surface area contributed by atoms with Crippen molar-refractivity contribution < 1.29 is 18.7 Å². The Morgan fingerprint density at radius 2 is 1.71 bits per heavy atom. The third-order valence-electron chi connectivity index (χ3n) is 2.94. The van der Waals surface area contributed by atoms with Crippen molar-refractivity contribution in [3.63, 3.8) is 0 Å². The van der Waals surface area contributed by atoms with Gasteiger partial charge in [-0.1, -0.05) is 30.3 Å². The molecule has 0 atom stereocenters. The van der Waals surface area contributed by atoms with Crippen LogP contribution in [0.1, 0.15) is 16.1 Å². The second kappa shape index (κ2) is 5.20. The molecule has 3 rings (SSSR count). The van der Waals surface area contributed by atoms with Gasteiger partial charge < -0.3 is 9.52 Å². The number of hydrogen-bond donors (Lipinski definition) is 1. The minimum Gasteiger partial charge on any atom is -0.490 e. The molecule has 1 N–H and O–H groups in total. The number of carbonyl (C=O) groups is 1. The van der Waals surface area contributed by atoms with Gasteiger partial charge in [0.1, 0.15) is 5.82 Å². The van der Waals surface area contributed by atoms with Gasteiger partial charge in [-0.3, -0.25) is 4.79 Å². The molecule has 0 aliphatic carbocycles. The molecule has 1 aromatic heterocycles. The molecule has 0 saturated carbocycles. The van der Waals surface area contributed by atoms with Crippen LogP contribution < -0.4 is 0 Å². The molecule has 5 heteroatoms. The fraction of sp³-hybridized carbons (Fsp3) is 0. The monoisotopic (exact) mass is 283 g/mol. The predicted octanol–water partition coefficient (Wildman–Crippen LogP) is 3.42. The number of rotatable bonds is 3. The van der Waals surface area contributed by atoms with Crippen LogP contribution in [0, 0.1) is 5.82 Å². The van der Waals surface area contributed by atoms with Gasteiger partial charge in [0, 0.05) is 11.1 Å². The van der Waals surface area contributed by atoms with Gasteiger partial charge in [-0.05, 0) is 24.3 Å². The average molecular weight is 283 g/mol. The normalized spacial score (nSPS) is 10.5. The summed E-state index contributed by atoms with van der Waals surface area (Å²) in [4.78, 5) is 16.0. The predicted molar refractivity (Wildman–Crippen MR) is 73.4 cm³/mol. The van der Waals surface area contributed by atoms with E-state index >= 15 is 0 Å². The molecule has 0 aliphatic heterocycles. The van der Waals surface area contributed by atoms with Gasteiger partial charge >= 0.3 is 0 Å². The highest BCUT2D eigenvalue weighted by Gasteiger charge is 2.21. The lowest BCUT2D eigenvalue weighted by atomic mass is 10.1. The fourth-order valence-corrected chi connectivity index (χ4v) is 1.90. The number of carbonyl (C=O) groups excluding carboxylic acids is 1. The number of hydrogen-bond acceptors (Lipinski definition) is 4. The van der Waals surface area contributed by atoms with E-state index in [2.05, 4.69) is 4.98 Å². The Hall–Kier alpha value is -2.95. The Morgan fingerprint density at radius 1 is 1.05 bits per heavy atom. The molecule has 21 heavy (non-hydrogen) atoms. The van der Waals surface area contributed by atoms with Gasteiger partial charge in [0.2, 0.25) is 17.4 Å². The second-order valence-corrected chi connectivity index (χ2v) is 4.37. The zero-order valence-corrected chi connectivity index (χ0v) is 10.8. The fourth-order valence-electron chi connectivity index (χ4n) is 1.90. The summed E-state index contributed by atoms with van der Waals surface area (Å²) in [6.45, 7) is 0. The topological polar surface area (TPSA) is 63.3 Å². The molecule has 0 radical (unpaired) electrons. The van der Waals surface area contributed by atoms with E-state index in [1.165, 1.54) is 24.3 Å². The molecular formula is C16H10FNO3. The molecule has 1 heterocycles. The molecule has 0 spiro atoms. The smallest absolute Gasteiger partial charge is 0.262 e. The molecule has 0 fully saturated rings. The van der Waals surface area contributed by atoms with Gasteiger partial charge in [-0.25, -0.2) is 4.39 Å². The van der Waals surface area contributed by atoms with Crippen molar-refractivity contribution in [2.24, 2.45) is 0 Å². The maximum atomic E-state index is 12.9. The quantitative estimate of drug-likeness (QED) is 0.748. The number of aromatic hydroxyl groups is 1. The first-order valence-electron chi connectivity index (χ1n) is 6.20. The van der Waals surface area contributed by atoms with Gasteiger partial charge in [0.05, 0.1) is 0 Å². The summed E-state index contributed by atoms with van der Waals surface area (Å²) in [6, 6.07) is 13.8. The number of aromatic nitrogens is 1. The molecule has 0 bridgehead atoms. The maximum Gasteiger partial charge on any atom is 0.262 e. The summed E-state index contributed by atoms with van der Waals surface area (Å²) in [6.07, 6.45) is 0. The van der Waals surface area contributed by atoms with Crippen LogP contribution in [-0.2, 0) is 0 Å². The number of ketones is 1. The highest BCUT2D eigenvalue weighted by Crippen LogP contribution is 2.27. The van der Waals surface area contributed by atoms with Crippen LogP contribution in [0.25, 0.3) is 11.5 Å². The van der Waals surface area contributed by atoms with E-state index in [-0.39, 0.29) is 11.7 Å². The van der Waals surface area contributed by atoms with Crippen molar-refractivity contribution >= 4 is 5.78 Å². The van der Waals surface area contributed by atoms with Crippen molar-refractivity contribution in [1.29, 1.82) is 0 Å². The molecular weight excluding hydrogens is 273 g/mol. The molecule has 0 aliphatic rings. The Kier molecular flexibility index (Phi) is 3.23. The zero-order valence-electron chi connectivity index (χ0n) is 10.8. The van der Waals surface area contributed by atoms with E-state index in [9.17, 15) is 14.3 Å². The molecule has 0 saturated heterocycles. The molecule has 0 amide bonds. The summed E-state index contributed by atoms with van der Waals surface area (Å²) < 4.78 is 18.2. The van der Waals surface area contributed by atoms with Gasteiger partial charge in [-0.15, -0.1) is 0 Å². The van der Waals surface area contributed by atoms with Crippen molar-refractivity contribution in [3.05, 3.63) is 71.7 Å². The summed E-state index contributed by atoms with van der Waals surface area (Å²) in [5, 5.41) is 9.78. The number of oxazole rings is 1. The molecule has 4 nitrogen and oxygen atoms in total. The average Bonchev–Trinajstić information content (AvgIpc) is 2.90. The van der Waals surface area contributed by atoms with Crippen LogP contribution in [0.4, 0.5) is 4.39 Å². The van der Waals surface area contributed by atoms with E-state index < -0.39 is 17.5 Å². The summed E-state index contributed by atoms with van der Waals surface area (Å²) in [7, 11) is 0. The van der Waals surface area contributed by atoms with Crippen LogP contribution in [0.15, 0.2) is 59.0 Å². The lowest BCUT2D eigenvalue weighted by Gasteiger charge is -1.97. The lowest BCUT2D eigenvalue weighted by Crippen LogP contribution is -1.99. The molecule has 3 aromatic rings. The molecule has 2 aromatic carbocycles. The first-order valence-corrected chi connectivity index (χ1v) is 6.20. The first kappa shape index (κ1) is 13.1. The SMILES string of the molecule is O=C(c1ccccc1)c1oc(-c2ccc(F)cc2)nc1O. The minimum absolute atomic E-state index is 0.0618. The third-order valence-corrected chi connectivity index (χ3v) is 2.94. The summed E-state index contributed by atoms with van der Waals surface area (Å²) >= 11 is 0.